The first kappa shape index (κ1) is 22.5. The molecule has 2 aromatic carbocycles. The summed E-state index contributed by atoms with van der Waals surface area (Å²) in [6.07, 6.45) is 6.93. The van der Waals surface area contributed by atoms with E-state index in [1.165, 1.54) is 16.7 Å². The number of aromatic nitrogens is 3. The van der Waals surface area contributed by atoms with E-state index in [1.807, 2.05) is 17.3 Å². The van der Waals surface area contributed by atoms with E-state index in [0.29, 0.717) is 0 Å². The first-order chi connectivity index (χ1) is 16.4. The number of fused-ring (bicyclic) bond motifs is 1. The molecule has 0 spiro atoms. The lowest BCUT2D eigenvalue weighted by atomic mass is 9.99. The van der Waals surface area contributed by atoms with Crippen molar-refractivity contribution < 1.29 is 9.35 Å². The fraction of sp³-hybridized carbons (Fsp3) is 0.231. The monoisotopic (exact) mass is 473 g/mol. The Labute approximate surface area is 201 Å². The number of aryl methyl sites for hydroxylation is 1. The fourth-order valence-corrected chi connectivity index (χ4v) is 5.11. The van der Waals surface area contributed by atoms with Crippen LogP contribution < -0.4 is 5.73 Å². The van der Waals surface area contributed by atoms with Crippen LogP contribution in [-0.4, -0.2) is 48.5 Å². The van der Waals surface area contributed by atoms with E-state index in [9.17, 15) is 9.35 Å². The van der Waals surface area contributed by atoms with Crippen LogP contribution in [-0.2, 0) is 17.9 Å². The number of benzene rings is 2. The first-order valence-corrected chi connectivity index (χ1v) is 12.7. The summed E-state index contributed by atoms with van der Waals surface area (Å²) in [6.45, 7) is 4.25. The van der Waals surface area contributed by atoms with Crippen LogP contribution in [0, 0.1) is 6.92 Å². The van der Waals surface area contributed by atoms with E-state index in [-0.39, 0.29) is 5.69 Å². The minimum atomic E-state index is -0.909. The van der Waals surface area contributed by atoms with Crippen molar-refractivity contribution in [3.05, 3.63) is 89.4 Å². The SMILES string of the molecule is Cc1cc(C(N)=O)nn1-c1ccc2c(ccn2Cc2ccc(C3=CCN([S+](C)[O-])CC3)cc2)c1. The van der Waals surface area contributed by atoms with Crippen LogP contribution in [0.25, 0.3) is 22.2 Å². The molecule has 8 heteroatoms. The molecule has 7 nitrogen and oxygen atoms in total. The van der Waals surface area contributed by atoms with Crippen LogP contribution in [0.1, 0.15) is 33.7 Å². The quantitative estimate of drug-likeness (QED) is 0.433. The van der Waals surface area contributed by atoms with Gasteiger partial charge in [-0.05, 0) is 60.4 Å². The van der Waals surface area contributed by atoms with Crippen LogP contribution >= 0.6 is 0 Å². The lowest BCUT2D eigenvalue weighted by molar-refractivity contribution is 0.0995. The van der Waals surface area contributed by atoms with Gasteiger partial charge in [0.1, 0.15) is 6.26 Å². The summed E-state index contributed by atoms with van der Waals surface area (Å²) in [5.74, 6) is -0.528. The Kier molecular flexibility index (Phi) is 6.03. The van der Waals surface area contributed by atoms with E-state index in [1.54, 1.807) is 17.0 Å². The number of carbonyl (C=O) groups is 1. The molecule has 174 valence electrons. The van der Waals surface area contributed by atoms with Crippen LogP contribution in [0.5, 0.6) is 0 Å². The minimum Gasteiger partial charge on any atom is -0.598 e. The van der Waals surface area contributed by atoms with Crippen molar-refractivity contribution in [2.45, 2.75) is 19.9 Å². The van der Waals surface area contributed by atoms with Crippen molar-refractivity contribution in [1.29, 1.82) is 0 Å². The van der Waals surface area contributed by atoms with Gasteiger partial charge in [0.2, 0.25) is 0 Å². The summed E-state index contributed by atoms with van der Waals surface area (Å²) in [6, 6.07) is 18.7. The molecule has 0 saturated heterocycles. The predicted octanol–water partition coefficient (Wildman–Crippen LogP) is 3.67. The molecule has 0 saturated carbocycles. The van der Waals surface area contributed by atoms with Crippen molar-refractivity contribution in [3.63, 3.8) is 0 Å². The second-order valence-corrected chi connectivity index (χ2v) is 9.99. The number of hydrogen-bond donors (Lipinski definition) is 1. The fourth-order valence-electron chi connectivity index (χ4n) is 4.48. The maximum atomic E-state index is 11.6. The molecule has 4 aromatic rings. The molecule has 1 amide bonds. The molecule has 0 fully saturated rings. The molecule has 0 bridgehead atoms. The van der Waals surface area contributed by atoms with E-state index >= 15 is 0 Å². The molecular weight excluding hydrogens is 446 g/mol. The molecule has 1 unspecified atom stereocenters. The number of nitrogens with two attached hydrogens (primary N) is 1. The Morgan fingerprint density at radius 3 is 2.59 bits per heavy atom. The van der Waals surface area contributed by atoms with Crippen molar-refractivity contribution in [1.82, 2.24) is 18.7 Å². The Morgan fingerprint density at radius 2 is 1.94 bits per heavy atom. The van der Waals surface area contributed by atoms with Crippen LogP contribution in [0.15, 0.2) is 66.9 Å². The minimum absolute atomic E-state index is 0.264. The van der Waals surface area contributed by atoms with Gasteiger partial charge in [-0.3, -0.25) is 4.79 Å². The summed E-state index contributed by atoms with van der Waals surface area (Å²) in [7, 11) is 0. The third-order valence-electron chi connectivity index (χ3n) is 6.35. The van der Waals surface area contributed by atoms with Gasteiger partial charge < -0.3 is 14.9 Å². The molecule has 5 rings (SSSR count). The van der Waals surface area contributed by atoms with Crippen LogP contribution in [0.4, 0.5) is 0 Å². The summed E-state index contributed by atoms with van der Waals surface area (Å²) in [5, 5.41) is 5.44. The standard InChI is InChI=1S/C26H27N5O2S/c1-18-15-24(26(27)32)28-31(18)23-7-8-25-22(16-23)9-12-29(25)17-19-3-5-20(6-4-19)21-10-13-30(14-11-21)34(2)33/h3-10,12,15-16H,11,13-14,17H2,1-2H3,(H2,27,32). The average Bonchev–Trinajstić information content (AvgIpc) is 3.43. The molecule has 1 aliphatic rings. The third kappa shape index (κ3) is 4.40. The van der Waals surface area contributed by atoms with Crippen molar-refractivity contribution >= 4 is 33.7 Å². The number of nitrogens with zero attached hydrogens (tertiary/aromatic N) is 4. The third-order valence-corrected chi connectivity index (χ3v) is 7.41. The molecule has 1 aliphatic heterocycles. The molecule has 0 aliphatic carbocycles. The summed E-state index contributed by atoms with van der Waals surface area (Å²) in [4.78, 5) is 11.5. The summed E-state index contributed by atoms with van der Waals surface area (Å²) in [5.41, 5.74) is 12.3. The lowest BCUT2D eigenvalue weighted by Crippen LogP contribution is -2.33. The largest absolute Gasteiger partial charge is 0.598 e. The average molecular weight is 474 g/mol. The predicted molar refractivity (Wildman–Crippen MR) is 136 cm³/mol. The van der Waals surface area contributed by atoms with Gasteiger partial charge >= 0.3 is 0 Å². The van der Waals surface area contributed by atoms with Gasteiger partial charge in [0.15, 0.2) is 5.69 Å². The van der Waals surface area contributed by atoms with Gasteiger partial charge in [0.05, 0.1) is 12.2 Å². The molecule has 34 heavy (non-hydrogen) atoms. The number of amides is 1. The van der Waals surface area contributed by atoms with Crippen LogP contribution in [0.3, 0.4) is 0 Å². The summed E-state index contributed by atoms with van der Waals surface area (Å²) >= 11 is -0.909. The molecule has 2 aromatic heterocycles. The Balaban J connectivity index is 1.33. The van der Waals surface area contributed by atoms with Gasteiger partial charge in [-0.25, -0.2) is 4.68 Å². The van der Waals surface area contributed by atoms with E-state index in [2.05, 4.69) is 64.4 Å². The van der Waals surface area contributed by atoms with Gasteiger partial charge in [-0.1, -0.05) is 30.3 Å². The van der Waals surface area contributed by atoms with Gasteiger partial charge in [0.25, 0.3) is 5.91 Å². The van der Waals surface area contributed by atoms with Gasteiger partial charge in [-0.15, -0.1) is 4.31 Å². The maximum absolute atomic E-state index is 11.6. The number of rotatable bonds is 6. The van der Waals surface area contributed by atoms with Gasteiger partial charge in [0, 0.05) is 47.2 Å². The normalized spacial score (nSPS) is 15.4. The Hall–Kier alpha value is -3.33. The first-order valence-electron chi connectivity index (χ1n) is 11.2. The highest BCUT2D eigenvalue weighted by Gasteiger charge is 2.19. The van der Waals surface area contributed by atoms with Gasteiger partial charge in [-0.2, -0.15) is 5.10 Å². The highest BCUT2D eigenvalue weighted by molar-refractivity contribution is 7.88. The lowest BCUT2D eigenvalue weighted by Gasteiger charge is -2.25. The van der Waals surface area contributed by atoms with E-state index < -0.39 is 17.3 Å². The molecule has 1 atom stereocenters. The zero-order valence-electron chi connectivity index (χ0n) is 19.3. The highest BCUT2D eigenvalue weighted by atomic mass is 32.2. The topological polar surface area (TPSA) is 92.1 Å². The zero-order chi connectivity index (χ0) is 23.8. The second-order valence-electron chi connectivity index (χ2n) is 8.62. The second kappa shape index (κ2) is 9.13. The van der Waals surface area contributed by atoms with E-state index in [0.717, 1.165) is 48.3 Å². The Morgan fingerprint density at radius 1 is 1.15 bits per heavy atom. The number of carbonyl (C=O) groups excluding carboxylic acids is 1. The van der Waals surface area contributed by atoms with Crippen molar-refractivity contribution in [2.24, 2.45) is 5.73 Å². The molecule has 0 radical (unpaired) electrons. The van der Waals surface area contributed by atoms with Crippen LogP contribution in [0.2, 0.25) is 0 Å². The van der Waals surface area contributed by atoms with Crippen molar-refractivity contribution in [2.75, 3.05) is 19.3 Å². The zero-order valence-corrected chi connectivity index (χ0v) is 20.1. The Bertz CT molecular complexity index is 1380. The molecule has 2 N–H and O–H groups in total. The summed E-state index contributed by atoms with van der Waals surface area (Å²) < 4.78 is 17.6. The molecular formula is C26H27N5O2S. The number of primary amides is 1. The highest BCUT2D eigenvalue weighted by Crippen LogP contribution is 2.25. The smallest absolute Gasteiger partial charge is 0.269 e. The van der Waals surface area contributed by atoms with E-state index in [4.69, 9.17) is 5.73 Å². The van der Waals surface area contributed by atoms with Crippen molar-refractivity contribution in [3.8, 4) is 5.69 Å². The molecule has 3 heterocycles. The maximum Gasteiger partial charge on any atom is 0.269 e. The number of hydrogen-bond acceptors (Lipinski definition) is 4.